The normalized spacial score (nSPS) is 12.8. The molecule has 0 aromatic rings. The molecule has 0 rings (SSSR count). The average molecular weight is 283 g/mol. The van der Waals surface area contributed by atoms with Crippen molar-refractivity contribution in [1.82, 2.24) is 0 Å². The van der Waals surface area contributed by atoms with E-state index in [0.29, 0.717) is 0 Å². The Morgan fingerprint density at radius 2 is 1.42 bits per heavy atom. The minimum absolute atomic E-state index is 0.882. The molecule has 1 nitrogen and oxygen atoms in total. The standard InChI is InChI=1S/C17H34OSi/c1-5-6-7-8-9-10-11-12-13-14-15-16-17-18-19(2,3)4/h11-12,14-15H,5-10,13,16-17H2,1-4H3. The van der Waals surface area contributed by atoms with Gasteiger partial charge in [-0.15, -0.1) is 0 Å². The molecule has 0 aliphatic carbocycles. The minimum atomic E-state index is -1.31. The second-order valence-electron chi connectivity index (χ2n) is 6.13. The van der Waals surface area contributed by atoms with E-state index in [-0.39, 0.29) is 0 Å². The van der Waals surface area contributed by atoms with Crippen molar-refractivity contribution in [3.63, 3.8) is 0 Å². The molecule has 0 heterocycles. The minimum Gasteiger partial charge on any atom is -0.417 e. The van der Waals surface area contributed by atoms with Crippen LogP contribution in [0.3, 0.4) is 0 Å². The highest BCUT2D eigenvalue weighted by Gasteiger charge is 2.12. The van der Waals surface area contributed by atoms with E-state index >= 15 is 0 Å². The van der Waals surface area contributed by atoms with Crippen LogP contribution in [0, 0.1) is 0 Å². The molecule has 0 atom stereocenters. The Morgan fingerprint density at radius 3 is 2.05 bits per heavy atom. The Balaban J connectivity index is 3.28. The van der Waals surface area contributed by atoms with Gasteiger partial charge in [-0.2, -0.15) is 0 Å². The Bertz CT molecular complexity index is 238. The van der Waals surface area contributed by atoms with Crippen LogP contribution < -0.4 is 0 Å². The molecule has 0 unspecified atom stereocenters. The molecule has 0 amide bonds. The van der Waals surface area contributed by atoms with Crippen molar-refractivity contribution in [2.75, 3.05) is 6.61 Å². The van der Waals surface area contributed by atoms with Gasteiger partial charge in [0.1, 0.15) is 0 Å². The number of allylic oxidation sites excluding steroid dienone is 3. The second kappa shape index (κ2) is 12.7. The van der Waals surface area contributed by atoms with E-state index in [2.05, 4.69) is 50.9 Å². The van der Waals surface area contributed by atoms with E-state index in [0.717, 1.165) is 19.4 Å². The fraction of sp³-hybridized carbons (Fsp3) is 0.765. The van der Waals surface area contributed by atoms with Gasteiger partial charge in [0, 0.05) is 6.61 Å². The Kier molecular flexibility index (Phi) is 12.4. The largest absolute Gasteiger partial charge is 0.417 e. The second-order valence-corrected chi connectivity index (χ2v) is 10.6. The first-order valence-electron chi connectivity index (χ1n) is 8.00. The number of hydrogen-bond acceptors (Lipinski definition) is 1. The lowest BCUT2D eigenvalue weighted by Crippen LogP contribution is -2.25. The molecule has 0 aromatic heterocycles. The summed E-state index contributed by atoms with van der Waals surface area (Å²) in [4.78, 5) is 0. The molecule has 112 valence electrons. The maximum atomic E-state index is 5.79. The maximum absolute atomic E-state index is 5.79. The topological polar surface area (TPSA) is 9.23 Å². The Hall–Kier alpha value is -0.343. The summed E-state index contributed by atoms with van der Waals surface area (Å²) in [6.07, 6.45) is 19.4. The van der Waals surface area contributed by atoms with Gasteiger partial charge in [0.25, 0.3) is 0 Å². The van der Waals surface area contributed by atoms with Gasteiger partial charge < -0.3 is 4.43 Å². The zero-order chi connectivity index (χ0) is 14.4. The molecular weight excluding hydrogens is 248 g/mol. The van der Waals surface area contributed by atoms with Crippen molar-refractivity contribution in [3.05, 3.63) is 24.3 Å². The van der Waals surface area contributed by atoms with Crippen molar-refractivity contribution in [3.8, 4) is 0 Å². The molecule has 0 bridgehead atoms. The average Bonchev–Trinajstić information content (AvgIpc) is 2.34. The SMILES string of the molecule is CCCCCCCC=CCC=CCCO[Si](C)(C)C. The van der Waals surface area contributed by atoms with Crippen LogP contribution in [-0.2, 0) is 4.43 Å². The highest BCUT2D eigenvalue weighted by atomic mass is 28.4. The van der Waals surface area contributed by atoms with E-state index in [4.69, 9.17) is 4.43 Å². The molecular formula is C17H34OSi. The van der Waals surface area contributed by atoms with Crippen LogP contribution in [0.2, 0.25) is 19.6 Å². The first-order chi connectivity index (χ1) is 9.06. The summed E-state index contributed by atoms with van der Waals surface area (Å²) in [6, 6.07) is 0. The molecule has 0 radical (unpaired) electrons. The van der Waals surface area contributed by atoms with Gasteiger partial charge in [-0.3, -0.25) is 0 Å². The van der Waals surface area contributed by atoms with Crippen molar-refractivity contribution in [1.29, 1.82) is 0 Å². The molecule has 0 spiro atoms. The van der Waals surface area contributed by atoms with E-state index in [1.54, 1.807) is 0 Å². The van der Waals surface area contributed by atoms with Crippen LogP contribution in [0.1, 0.15) is 58.3 Å². The zero-order valence-electron chi connectivity index (χ0n) is 13.6. The van der Waals surface area contributed by atoms with Crippen LogP contribution in [0.4, 0.5) is 0 Å². The molecule has 0 aliphatic rings. The fourth-order valence-corrected chi connectivity index (χ4v) is 2.54. The maximum Gasteiger partial charge on any atom is 0.183 e. The summed E-state index contributed by atoms with van der Waals surface area (Å²) in [5, 5.41) is 0. The van der Waals surface area contributed by atoms with E-state index in [9.17, 15) is 0 Å². The lowest BCUT2D eigenvalue weighted by Gasteiger charge is -2.15. The molecule has 0 aliphatic heterocycles. The van der Waals surface area contributed by atoms with Crippen LogP contribution in [-0.4, -0.2) is 14.9 Å². The predicted octanol–water partition coefficient (Wildman–Crippen LogP) is 6.09. The zero-order valence-corrected chi connectivity index (χ0v) is 14.6. The van der Waals surface area contributed by atoms with Crippen LogP contribution >= 0.6 is 0 Å². The van der Waals surface area contributed by atoms with Crippen LogP contribution in [0.25, 0.3) is 0 Å². The molecule has 0 N–H and O–H groups in total. The van der Waals surface area contributed by atoms with Gasteiger partial charge >= 0.3 is 0 Å². The first kappa shape index (κ1) is 18.7. The van der Waals surface area contributed by atoms with Crippen molar-refractivity contribution < 1.29 is 4.43 Å². The van der Waals surface area contributed by atoms with Crippen molar-refractivity contribution in [2.24, 2.45) is 0 Å². The third kappa shape index (κ3) is 17.7. The molecule has 0 saturated heterocycles. The van der Waals surface area contributed by atoms with Gasteiger partial charge in [0.15, 0.2) is 8.32 Å². The van der Waals surface area contributed by atoms with Gasteiger partial charge in [-0.25, -0.2) is 0 Å². The summed E-state index contributed by atoms with van der Waals surface area (Å²) < 4.78 is 5.79. The molecule has 0 aromatic carbocycles. The number of rotatable bonds is 12. The molecule has 0 saturated carbocycles. The van der Waals surface area contributed by atoms with Gasteiger partial charge in [0.2, 0.25) is 0 Å². The lowest BCUT2D eigenvalue weighted by molar-refractivity contribution is 0.319. The summed E-state index contributed by atoms with van der Waals surface area (Å²) in [5.74, 6) is 0. The number of unbranched alkanes of at least 4 members (excludes halogenated alkanes) is 5. The summed E-state index contributed by atoms with van der Waals surface area (Å²) in [6.45, 7) is 9.86. The third-order valence-corrected chi connectivity index (χ3v) is 3.97. The summed E-state index contributed by atoms with van der Waals surface area (Å²) in [5.41, 5.74) is 0. The fourth-order valence-electron chi connectivity index (χ4n) is 1.81. The van der Waals surface area contributed by atoms with E-state index in [1.165, 1.54) is 38.5 Å². The van der Waals surface area contributed by atoms with Crippen molar-refractivity contribution in [2.45, 2.75) is 77.9 Å². The summed E-state index contributed by atoms with van der Waals surface area (Å²) >= 11 is 0. The quantitative estimate of drug-likeness (QED) is 0.239. The van der Waals surface area contributed by atoms with Crippen molar-refractivity contribution >= 4 is 8.32 Å². The van der Waals surface area contributed by atoms with Gasteiger partial charge in [-0.05, 0) is 45.3 Å². The van der Waals surface area contributed by atoms with Crippen LogP contribution in [0.5, 0.6) is 0 Å². The highest BCUT2D eigenvalue weighted by Crippen LogP contribution is 2.06. The highest BCUT2D eigenvalue weighted by molar-refractivity contribution is 6.69. The lowest BCUT2D eigenvalue weighted by atomic mass is 10.1. The summed E-state index contributed by atoms with van der Waals surface area (Å²) in [7, 11) is -1.31. The molecule has 0 fully saturated rings. The molecule has 2 heteroatoms. The number of hydrogen-bond donors (Lipinski definition) is 0. The Labute approximate surface area is 122 Å². The van der Waals surface area contributed by atoms with E-state index in [1.807, 2.05) is 0 Å². The third-order valence-electron chi connectivity index (χ3n) is 2.90. The molecule has 19 heavy (non-hydrogen) atoms. The monoisotopic (exact) mass is 282 g/mol. The van der Waals surface area contributed by atoms with Gasteiger partial charge in [-0.1, -0.05) is 56.9 Å². The van der Waals surface area contributed by atoms with E-state index < -0.39 is 8.32 Å². The predicted molar refractivity (Wildman–Crippen MR) is 90.2 cm³/mol. The van der Waals surface area contributed by atoms with Gasteiger partial charge in [0.05, 0.1) is 0 Å². The Morgan fingerprint density at radius 1 is 0.789 bits per heavy atom. The first-order valence-corrected chi connectivity index (χ1v) is 11.4. The van der Waals surface area contributed by atoms with Crippen LogP contribution in [0.15, 0.2) is 24.3 Å². The smallest absolute Gasteiger partial charge is 0.183 e.